The highest BCUT2D eigenvalue weighted by atomic mass is 35.5. The number of imidazole rings is 1. The number of amides is 3. The van der Waals surface area contributed by atoms with E-state index >= 15 is 0 Å². The van der Waals surface area contributed by atoms with Gasteiger partial charge in [0.1, 0.15) is 29.8 Å². The number of nitrogens with zero attached hydrogens (tertiary/aromatic N) is 4. The summed E-state index contributed by atoms with van der Waals surface area (Å²) in [4.78, 5) is 32.4. The van der Waals surface area contributed by atoms with Crippen LogP contribution in [0.15, 0.2) is 60.8 Å². The topological polar surface area (TPSA) is 79.7 Å². The third-order valence-electron chi connectivity index (χ3n) is 7.70. The molecule has 41 heavy (non-hydrogen) atoms. The van der Waals surface area contributed by atoms with Gasteiger partial charge >= 0.3 is 6.03 Å². The van der Waals surface area contributed by atoms with E-state index in [1.54, 1.807) is 23.2 Å². The number of benzene rings is 3. The standard InChI is InChI=1S/C31H29ClFN5O3/c1-19-12-24(41-18-25-26(32)4-3-5-27(25)33)9-8-21(19)15-37-16-22-7-6-20(13-23(22)17-37)30-34-14-29(36(30)2)38-11-10-28(39)35-31(38)40/h3-9,12-14H,10-11,15-18H2,1-2H3,(H,35,39,40). The van der Waals surface area contributed by atoms with Crippen LogP contribution in [-0.4, -0.2) is 32.9 Å². The molecule has 0 atom stereocenters. The monoisotopic (exact) mass is 573 g/mol. The molecule has 1 saturated heterocycles. The molecule has 0 aliphatic carbocycles. The lowest BCUT2D eigenvalue weighted by Gasteiger charge is -2.26. The van der Waals surface area contributed by atoms with Gasteiger partial charge in [-0.2, -0.15) is 0 Å². The van der Waals surface area contributed by atoms with E-state index in [2.05, 4.69) is 46.4 Å². The molecule has 6 rings (SSSR count). The van der Waals surface area contributed by atoms with E-state index in [9.17, 15) is 14.0 Å². The molecule has 1 aromatic heterocycles. The van der Waals surface area contributed by atoms with Crippen molar-refractivity contribution in [1.29, 1.82) is 0 Å². The molecule has 10 heteroatoms. The highest BCUT2D eigenvalue weighted by Gasteiger charge is 2.28. The van der Waals surface area contributed by atoms with Gasteiger partial charge in [0.2, 0.25) is 5.91 Å². The molecule has 2 aliphatic rings. The molecule has 4 aromatic rings. The Labute approximate surface area is 242 Å². The van der Waals surface area contributed by atoms with Crippen molar-refractivity contribution in [2.24, 2.45) is 7.05 Å². The van der Waals surface area contributed by atoms with Crippen molar-refractivity contribution in [3.63, 3.8) is 0 Å². The first kappa shape index (κ1) is 27.0. The molecule has 0 bridgehead atoms. The maximum atomic E-state index is 14.1. The van der Waals surface area contributed by atoms with Crippen LogP contribution in [0, 0.1) is 12.7 Å². The summed E-state index contributed by atoms with van der Waals surface area (Å²) in [5, 5.41) is 2.72. The minimum atomic E-state index is -0.426. The number of halogens is 2. The Hall–Kier alpha value is -4.21. The molecule has 2 aliphatic heterocycles. The van der Waals surface area contributed by atoms with E-state index in [1.165, 1.54) is 22.8 Å². The summed E-state index contributed by atoms with van der Waals surface area (Å²) < 4.78 is 21.8. The summed E-state index contributed by atoms with van der Waals surface area (Å²) in [6, 6.07) is 16.5. The second kappa shape index (κ2) is 11.0. The van der Waals surface area contributed by atoms with E-state index in [-0.39, 0.29) is 24.8 Å². The first-order chi connectivity index (χ1) is 19.8. The molecule has 0 radical (unpaired) electrons. The quantitative estimate of drug-likeness (QED) is 0.305. The number of imide groups is 1. The Balaban J connectivity index is 1.12. The first-order valence-corrected chi connectivity index (χ1v) is 13.8. The number of aryl methyl sites for hydroxylation is 1. The summed E-state index contributed by atoms with van der Waals surface area (Å²) in [6.07, 6.45) is 1.93. The van der Waals surface area contributed by atoms with Crippen LogP contribution in [0.5, 0.6) is 5.75 Å². The molecule has 0 spiro atoms. The normalized spacial score (nSPS) is 15.3. The van der Waals surface area contributed by atoms with Crippen molar-refractivity contribution in [3.8, 4) is 17.1 Å². The van der Waals surface area contributed by atoms with Gasteiger partial charge in [-0.15, -0.1) is 0 Å². The van der Waals surface area contributed by atoms with Gasteiger partial charge in [-0.25, -0.2) is 14.2 Å². The fraction of sp³-hybridized carbons (Fsp3) is 0.258. The van der Waals surface area contributed by atoms with E-state index in [4.69, 9.17) is 16.3 Å². The molecule has 210 valence electrons. The van der Waals surface area contributed by atoms with Crippen LogP contribution in [0.4, 0.5) is 15.0 Å². The maximum Gasteiger partial charge on any atom is 0.329 e. The van der Waals surface area contributed by atoms with Gasteiger partial charge in [0.05, 0.1) is 11.2 Å². The third-order valence-corrected chi connectivity index (χ3v) is 8.05. The summed E-state index contributed by atoms with van der Waals surface area (Å²) in [5.41, 5.74) is 6.13. The van der Waals surface area contributed by atoms with Crippen LogP contribution in [0.25, 0.3) is 11.4 Å². The van der Waals surface area contributed by atoms with Gasteiger partial charge in [-0.05, 0) is 59.5 Å². The summed E-state index contributed by atoms with van der Waals surface area (Å²) in [7, 11) is 1.88. The number of fused-ring (bicyclic) bond motifs is 1. The molecule has 3 aromatic carbocycles. The van der Waals surface area contributed by atoms with Crippen molar-refractivity contribution < 1.29 is 18.7 Å². The van der Waals surface area contributed by atoms with Crippen molar-refractivity contribution in [1.82, 2.24) is 19.8 Å². The number of hydrogen-bond donors (Lipinski definition) is 1. The van der Waals surface area contributed by atoms with Crippen molar-refractivity contribution in [3.05, 3.63) is 99.5 Å². The fourth-order valence-corrected chi connectivity index (χ4v) is 5.64. The number of anilines is 1. The third kappa shape index (κ3) is 5.42. The molecular weight excluding hydrogens is 545 g/mol. The van der Waals surface area contributed by atoms with Crippen LogP contribution < -0.4 is 15.0 Å². The van der Waals surface area contributed by atoms with Gasteiger partial charge in [0.15, 0.2) is 0 Å². The first-order valence-electron chi connectivity index (χ1n) is 13.4. The zero-order valence-electron chi connectivity index (χ0n) is 22.8. The maximum absolute atomic E-state index is 14.1. The smallest absolute Gasteiger partial charge is 0.329 e. The van der Waals surface area contributed by atoms with Gasteiger partial charge in [0.25, 0.3) is 0 Å². The van der Waals surface area contributed by atoms with Crippen LogP contribution in [-0.2, 0) is 38.1 Å². The molecule has 0 unspecified atom stereocenters. The number of carbonyl (C=O) groups is 2. The zero-order valence-corrected chi connectivity index (χ0v) is 23.5. The SMILES string of the molecule is Cc1cc(OCc2c(F)cccc2Cl)ccc1CN1Cc2ccc(-c3ncc(N4CCC(=O)NC4=O)n3C)cc2C1. The molecule has 1 N–H and O–H groups in total. The number of nitrogens with one attached hydrogen (secondary N) is 1. The Bertz CT molecular complexity index is 1650. The van der Waals surface area contributed by atoms with Crippen LogP contribution in [0.2, 0.25) is 5.02 Å². The van der Waals surface area contributed by atoms with Crippen LogP contribution in [0.1, 0.15) is 34.2 Å². The van der Waals surface area contributed by atoms with Crippen molar-refractivity contribution in [2.45, 2.75) is 39.6 Å². The van der Waals surface area contributed by atoms with Gasteiger partial charge < -0.3 is 9.30 Å². The van der Waals surface area contributed by atoms with Gasteiger partial charge in [-0.3, -0.25) is 19.9 Å². The highest BCUT2D eigenvalue weighted by molar-refractivity contribution is 6.31. The zero-order chi connectivity index (χ0) is 28.7. The molecule has 3 heterocycles. The number of hydrogen-bond acceptors (Lipinski definition) is 5. The van der Waals surface area contributed by atoms with Gasteiger partial charge in [0, 0.05) is 50.8 Å². The van der Waals surface area contributed by atoms with Crippen LogP contribution >= 0.6 is 11.6 Å². The number of rotatable bonds is 7. The Morgan fingerprint density at radius 3 is 2.68 bits per heavy atom. The number of urea groups is 1. The average Bonchev–Trinajstić information content (AvgIpc) is 3.52. The summed E-state index contributed by atoms with van der Waals surface area (Å²) >= 11 is 6.12. The highest BCUT2D eigenvalue weighted by Crippen LogP contribution is 2.32. The molecule has 8 nitrogen and oxygen atoms in total. The summed E-state index contributed by atoms with van der Waals surface area (Å²) in [6.45, 7) is 4.88. The van der Waals surface area contributed by atoms with E-state index in [1.807, 2.05) is 23.7 Å². The second-order valence-electron chi connectivity index (χ2n) is 10.5. The van der Waals surface area contributed by atoms with E-state index in [0.717, 1.165) is 36.6 Å². The average molecular weight is 574 g/mol. The largest absolute Gasteiger partial charge is 0.489 e. The lowest BCUT2D eigenvalue weighted by molar-refractivity contribution is -0.120. The lowest BCUT2D eigenvalue weighted by atomic mass is 10.1. The number of aromatic nitrogens is 2. The predicted molar refractivity (Wildman–Crippen MR) is 154 cm³/mol. The van der Waals surface area contributed by atoms with Gasteiger partial charge in [-0.1, -0.05) is 35.9 Å². The fourth-order valence-electron chi connectivity index (χ4n) is 5.42. The van der Waals surface area contributed by atoms with E-state index in [0.29, 0.717) is 28.7 Å². The summed E-state index contributed by atoms with van der Waals surface area (Å²) in [5.74, 6) is 1.43. The van der Waals surface area contributed by atoms with Crippen LogP contribution in [0.3, 0.4) is 0 Å². The van der Waals surface area contributed by atoms with Crippen molar-refractivity contribution in [2.75, 3.05) is 11.4 Å². The number of carbonyl (C=O) groups excluding carboxylic acids is 2. The minimum Gasteiger partial charge on any atom is -0.489 e. The Kier molecular flexibility index (Phi) is 7.23. The minimum absolute atomic E-state index is 0.0659. The van der Waals surface area contributed by atoms with E-state index < -0.39 is 6.03 Å². The molecular formula is C31H29ClFN5O3. The van der Waals surface area contributed by atoms with Crippen molar-refractivity contribution >= 4 is 29.4 Å². The molecule has 0 saturated carbocycles. The molecule has 1 fully saturated rings. The second-order valence-corrected chi connectivity index (χ2v) is 10.9. The predicted octanol–water partition coefficient (Wildman–Crippen LogP) is 5.73. The number of ether oxygens (including phenoxy) is 1. The molecule has 3 amide bonds. The Morgan fingerprint density at radius 1 is 1.07 bits per heavy atom. The lowest BCUT2D eigenvalue weighted by Crippen LogP contribution is -2.50. The Morgan fingerprint density at radius 2 is 1.90 bits per heavy atom.